The number of hydrogen-bond donors (Lipinski definition) is 1. The summed E-state index contributed by atoms with van der Waals surface area (Å²) >= 11 is 5.84. The van der Waals surface area contributed by atoms with Crippen molar-refractivity contribution in [3.63, 3.8) is 0 Å². The van der Waals surface area contributed by atoms with Crippen molar-refractivity contribution in [2.75, 3.05) is 13.2 Å². The van der Waals surface area contributed by atoms with E-state index in [1.54, 1.807) is 0 Å². The second kappa shape index (κ2) is 6.02. The van der Waals surface area contributed by atoms with Gasteiger partial charge in [-0.1, -0.05) is 23.7 Å². The predicted octanol–water partition coefficient (Wildman–Crippen LogP) is 2.15. The first kappa shape index (κ1) is 12.4. The summed E-state index contributed by atoms with van der Waals surface area (Å²) in [5.74, 6) is 0. The molecule has 0 spiro atoms. The molecule has 0 aromatic heterocycles. The normalized spacial score (nSPS) is 24.2. The average Bonchev–Trinajstić information content (AvgIpc) is 2.35. The van der Waals surface area contributed by atoms with E-state index in [2.05, 4.69) is 11.4 Å². The highest BCUT2D eigenvalue weighted by Crippen LogP contribution is 2.13. The fourth-order valence-electron chi connectivity index (χ4n) is 1.94. The van der Waals surface area contributed by atoms with E-state index >= 15 is 0 Å². The van der Waals surface area contributed by atoms with Gasteiger partial charge in [-0.2, -0.15) is 5.26 Å². The van der Waals surface area contributed by atoms with Gasteiger partial charge in [0.25, 0.3) is 0 Å². The Morgan fingerprint density at radius 3 is 2.76 bits per heavy atom. The highest BCUT2D eigenvalue weighted by Gasteiger charge is 2.20. The molecule has 1 aliphatic heterocycles. The van der Waals surface area contributed by atoms with Crippen LogP contribution in [0.15, 0.2) is 24.3 Å². The van der Waals surface area contributed by atoms with Gasteiger partial charge in [0, 0.05) is 17.6 Å². The van der Waals surface area contributed by atoms with Crippen molar-refractivity contribution >= 4 is 11.6 Å². The number of benzene rings is 1. The summed E-state index contributed by atoms with van der Waals surface area (Å²) in [7, 11) is 0. The molecular formula is C13H15ClN2O. The van der Waals surface area contributed by atoms with E-state index in [4.69, 9.17) is 21.6 Å². The summed E-state index contributed by atoms with van der Waals surface area (Å²) in [5, 5.41) is 12.7. The number of nitriles is 1. The number of rotatable bonds is 3. The van der Waals surface area contributed by atoms with Crippen molar-refractivity contribution < 1.29 is 4.74 Å². The van der Waals surface area contributed by atoms with Crippen molar-refractivity contribution in [1.82, 2.24) is 5.32 Å². The van der Waals surface area contributed by atoms with Crippen LogP contribution in [0.3, 0.4) is 0 Å². The number of nitrogens with one attached hydrogen (secondary N) is 1. The standard InChI is InChI=1S/C13H15ClN2O/c14-11-3-1-10(2-4-11)7-12-9-17-13(5-6-15)8-16-12/h1-4,12-13,16H,5,7-9H2. The van der Waals surface area contributed by atoms with Crippen LogP contribution >= 0.6 is 11.6 Å². The van der Waals surface area contributed by atoms with Crippen LogP contribution in [0.25, 0.3) is 0 Å². The minimum atomic E-state index is 0.0430. The number of nitrogens with zero attached hydrogens (tertiary/aromatic N) is 1. The van der Waals surface area contributed by atoms with Gasteiger partial charge in [0.15, 0.2) is 0 Å². The van der Waals surface area contributed by atoms with E-state index in [0.717, 1.165) is 18.0 Å². The average molecular weight is 251 g/mol. The van der Waals surface area contributed by atoms with Gasteiger partial charge in [-0.05, 0) is 24.1 Å². The zero-order valence-electron chi connectivity index (χ0n) is 9.53. The van der Waals surface area contributed by atoms with Gasteiger partial charge in [0.05, 0.1) is 25.2 Å². The van der Waals surface area contributed by atoms with Gasteiger partial charge in [0.1, 0.15) is 0 Å². The van der Waals surface area contributed by atoms with Gasteiger partial charge < -0.3 is 10.1 Å². The minimum Gasteiger partial charge on any atom is -0.374 e. The first-order valence-corrected chi connectivity index (χ1v) is 6.12. The molecule has 17 heavy (non-hydrogen) atoms. The molecule has 1 fully saturated rings. The summed E-state index contributed by atoms with van der Waals surface area (Å²) in [5.41, 5.74) is 1.24. The fraction of sp³-hybridized carbons (Fsp3) is 0.462. The number of morpholine rings is 1. The molecule has 2 unspecified atom stereocenters. The second-order valence-corrected chi connectivity index (χ2v) is 4.69. The van der Waals surface area contributed by atoms with Crippen LogP contribution in [0.4, 0.5) is 0 Å². The highest BCUT2D eigenvalue weighted by atomic mass is 35.5. The molecule has 4 heteroatoms. The number of halogens is 1. The van der Waals surface area contributed by atoms with Crippen LogP contribution in [0.2, 0.25) is 5.02 Å². The lowest BCUT2D eigenvalue weighted by atomic mass is 10.0. The lowest BCUT2D eigenvalue weighted by Gasteiger charge is -2.29. The Hall–Kier alpha value is -1.08. The van der Waals surface area contributed by atoms with Gasteiger partial charge in [-0.3, -0.25) is 0 Å². The molecule has 1 aliphatic rings. The summed E-state index contributed by atoms with van der Waals surface area (Å²) in [6.45, 7) is 1.42. The Labute approximate surface area is 106 Å². The molecule has 3 nitrogen and oxygen atoms in total. The molecule has 0 aliphatic carbocycles. The van der Waals surface area contributed by atoms with E-state index < -0.39 is 0 Å². The van der Waals surface area contributed by atoms with Crippen LogP contribution in [0.5, 0.6) is 0 Å². The molecule has 2 atom stereocenters. The van der Waals surface area contributed by atoms with Gasteiger partial charge in [-0.25, -0.2) is 0 Å². The molecule has 1 heterocycles. The smallest absolute Gasteiger partial charge is 0.0829 e. The monoisotopic (exact) mass is 250 g/mol. The Kier molecular flexibility index (Phi) is 4.38. The van der Waals surface area contributed by atoms with Crippen molar-refractivity contribution in [1.29, 1.82) is 5.26 Å². The number of ether oxygens (including phenoxy) is 1. The SMILES string of the molecule is N#CCC1CNC(Cc2ccc(Cl)cc2)CO1. The molecule has 0 bridgehead atoms. The molecule has 2 rings (SSSR count). The Morgan fingerprint density at radius 1 is 1.41 bits per heavy atom. The van der Waals surface area contributed by atoms with Gasteiger partial charge >= 0.3 is 0 Å². The molecule has 1 N–H and O–H groups in total. The summed E-state index contributed by atoms with van der Waals surface area (Å²) in [4.78, 5) is 0. The summed E-state index contributed by atoms with van der Waals surface area (Å²) in [6, 6.07) is 10.3. The minimum absolute atomic E-state index is 0.0430. The summed E-state index contributed by atoms with van der Waals surface area (Å²) < 4.78 is 5.62. The third kappa shape index (κ3) is 3.71. The van der Waals surface area contributed by atoms with Crippen molar-refractivity contribution in [2.45, 2.75) is 25.0 Å². The molecule has 0 radical (unpaired) electrons. The van der Waals surface area contributed by atoms with Crippen LogP contribution in [0, 0.1) is 11.3 Å². The Bertz CT molecular complexity index is 391. The molecule has 1 aromatic rings. The molecular weight excluding hydrogens is 236 g/mol. The maximum absolute atomic E-state index is 8.58. The zero-order chi connectivity index (χ0) is 12.1. The molecule has 0 saturated carbocycles. The Balaban J connectivity index is 1.82. The van der Waals surface area contributed by atoms with Gasteiger partial charge in [0.2, 0.25) is 0 Å². The lowest BCUT2D eigenvalue weighted by molar-refractivity contribution is 0.00740. The molecule has 1 saturated heterocycles. The van der Waals surface area contributed by atoms with Crippen LogP contribution in [-0.2, 0) is 11.2 Å². The quantitative estimate of drug-likeness (QED) is 0.894. The van der Waals surface area contributed by atoms with Crippen molar-refractivity contribution in [3.8, 4) is 6.07 Å². The molecule has 90 valence electrons. The first-order valence-electron chi connectivity index (χ1n) is 5.74. The summed E-state index contributed by atoms with van der Waals surface area (Å²) in [6.07, 6.45) is 1.43. The molecule has 1 aromatic carbocycles. The zero-order valence-corrected chi connectivity index (χ0v) is 10.3. The Morgan fingerprint density at radius 2 is 2.18 bits per heavy atom. The third-order valence-corrected chi connectivity index (χ3v) is 3.13. The van der Waals surface area contributed by atoms with E-state index in [0.29, 0.717) is 19.1 Å². The second-order valence-electron chi connectivity index (χ2n) is 4.25. The van der Waals surface area contributed by atoms with Crippen molar-refractivity contribution in [3.05, 3.63) is 34.9 Å². The van der Waals surface area contributed by atoms with Crippen LogP contribution in [-0.4, -0.2) is 25.3 Å². The highest BCUT2D eigenvalue weighted by molar-refractivity contribution is 6.30. The fourth-order valence-corrected chi connectivity index (χ4v) is 2.06. The topological polar surface area (TPSA) is 45.0 Å². The third-order valence-electron chi connectivity index (χ3n) is 2.88. The van der Waals surface area contributed by atoms with E-state index in [9.17, 15) is 0 Å². The maximum Gasteiger partial charge on any atom is 0.0829 e. The first-order chi connectivity index (χ1) is 8.28. The van der Waals surface area contributed by atoms with Crippen molar-refractivity contribution in [2.24, 2.45) is 0 Å². The number of hydrogen-bond acceptors (Lipinski definition) is 3. The van der Waals surface area contributed by atoms with Gasteiger partial charge in [-0.15, -0.1) is 0 Å². The van der Waals surface area contributed by atoms with E-state index in [1.165, 1.54) is 5.56 Å². The van der Waals surface area contributed by atoms with E-state index in [-0.39, 0.29) is 6.10 Å². The van der Waals surface area contributed by atoms with E-state index in [1.807, 2.05) is 24.3 Å². The lowest BCUT2D eigenvalue weighted by Crippen LogP contribution is -2.47. The molecule has 0 amide bonds. The van der Waals surface area contributed by atoms with Crippen LogP contribution in [0.1, 0.15) is 12.0 Å². The van der Waals surface area contributed by atoms with Crippen LogP contribution < -0.4 is 5.32 Å². The predicted molar refractivity (Wildman–Crippen MR) is 66.9 cm³/mol. The largest absolute Gasteiger partial charge is 0.374 e. The maximum atomic E-state index is 8.58.